The van der Waals surface area contributed by atoms with Crippen LogP contribution in [0.25, 0.3) is 0 Å². The van der Waals surface area contributed by atoms with Crippen LogP contribution in [0.15, 0.2) is 0 Å². The number of aliphatic hydroxyl groups excluding tert-OH is 1. The van der Waals surface area contributed by atoms with E-state index in [9.17, 15) is 4.79 Å². The van der Waals surface area contributed by atoms with Gasteiger partial charge in [0.2, 0.25) is 5.91 Å². The predicted molar refractivity (Wildman–Crippen MR) is 51.0 cm³/mol. The lowest BCUT2D eigenvalue weighted by Crippen LogP contribution is -2.42. The number of likely N-dealkylation sites (N-methyl/N-ethyl adjacent to an activating group) is 1. The third kappa shape index (κ3) is 4.51. The van der Waals surface area contributed by atoms with E-state index in [1.165, 1.54) is 4.90 Å². The lowest BCUT2D eigenvalue weighted by Gasteiger charge is -2.23. The first-order valence-corrected chi connectivity index (χ1v) is 4.14. The zero-order chi connectivity index (χ0) is 10.3. The fraction of sp³-hybridized carbons (Fsp3) is 0.667. The molecule has 0 aliphatic heterocycles. The molecule has 0 aromatic rings. The Morgan fingerprint density at radius 2 is 2.38 bits per heavy atom. The normalized spacial score (nSPS) is 11.8. The molecule has 0 aromatic heterocycles. The van der Waals surface area contributed by atoms with E-state index in [4.69, 9.17) is 11.5 Å². The third-order valence-corrected chi connectivity index (χ3v) is 1.82. The van der Waals surface area contributed by atoms with E-state index in [2.05, 4.69) is 11.2 Å². The van der Waals surface area contributed by atoms with Crippen LogP contribution in [0.5, 0.6) is 0 Å². The molecule has 1 amide bonds. The lowest BCUT2D eigenvalue weighted by atomic mass is 10.3. The monoisotopic (exact) mass is 184 g/mol. The van der Waals surface area contributed by atoms with Gasteiger partial charge in [0.15, 0.2) is 0 Å². The Balaban J connectivity index is 3.77. The summed E-state index contributed by atoms with van der Waals surface area (Å²) < 4.78 is 0. The highest BCUT2D eigenvalue weighted by molar-refractivity contribution is 5.78. The van der Waals surface area contributed by atoms with Crippen molar-refractivity contribution in [3.63, 3.8) is 0 Å². The molecule has 0 rings (SSSR count). The average Bonchev–Trinajstić information content (AvgIpc) is 2.15. The molecule has 0 aliphatic rings. The summed E-state index contributed by atoms with van der Waals surface area (Å²) in [7, 11) is 1.65. The van der Waals surface area contributed by atoms with Crippen LogP contribution >= 0.6 is 0 Å². The van der Waals surface area contributed by atoms with Crippen LogP contribution in [-0.2, 0) is 4.79 Å². The summed E-state index contributed by atoms with van der Waals surface area (Å²) in [6.07, 6.45) is 5.00. The van der Waals surface area contributed by atoms with E-state index < -0.39 is 0 Å². The summed E-state index contributed by atoms with van der Waals surface area (Å²) in [6, 6.07) is -0.153. The molecular weight excluding hydrogens is 168 g/mol. The summed E-state index contributed by atoms with van der Waals surface area (Å²) in [5.41, 5.74) is 0. The number of terminal acetylenes is 1. The zero-order valence-electron chi connectivity index (χ0n) is 8.08. The Bertz CT molecular complexity index is 198. The number of carbonyl (C=O) groups excluding carboxylic acids is 1. The van der Waals surface area contributed by atoms with Crippen molar-refractivity contribution in [2.24, 2.45) is 0 Å². The molecule has 0 saturated carbocycles. The van der Waals surface area contributed by atoms with Crippen LogP contribution < -0.4 is 5.32 Å². The minimum absolute atomic E-state index is 0.0304. The van der Waals surface area contributed by atoms with Gasteiger partial charge in [0.05, 0.1) is 25.7 Å². The van der Waals surface area contributed by atoms with Crippen molar-refractivity contribution in [1.82, 2.24) is 10.2 Å². The molecule has 2 N–H and O–H groups in total. The van der Waals surface area contributed by atoms with Gasteiger partial charge >= 0.3 is 0 Å². The minimum atomic E-state index is -0.153. The fourth-order valence-corrected chi connectivity index (χ4v) is 0.735. The Labute approximate surface area is 78.9 Å². The van der Waals surface area contributed by atoms with Crippen LogP contribution in [0.4, 0.5) is 0 Å². The second-order valence-corrected chi connectivity index (χ2v) is 2.84. The zero-order valence-corrected chi connectivity index (χ0v) is 8.08. The van der Waals surface area contributed by atoms with Crippen molar-refractivity contribution >= 4 is 5.91 Å². The van der Waals surface area contributed by atoms with Crippen LogP contribution in [0.2, 0.25) is 0 Å². The maximum Gasteiger partial charge on any atom is 0.236 e. The van der Waals surface area contributed by atoms with Crippen molar-refractivity contribution < 1.29 is 9.90 Å². The number of hydrogen-bond donors (Lipinski definition) is 2. The third-order valence-electron chi connectivity index (χ3n) is 1.82. The van der Waals surface area contributed by atoms with Crippen molar-refractivity contribution in [3.8, 4) is 12.3 Å². The van der Waals surface area contributed by atoms with Gasteiger partial charge in [0.25, 0.3) is 0 Å². The molecule has 74 valence electrons. The standard InChI is InChI=1S/C9H16N2O2/c1-4-5-10-6-9(13)11(3)8(2)7-12/h1,8,10,12H,5-7H2,2-3H3. The van der Waals surface area contributed by atoms with Crippen LogP contribution in [0, 0.1) is 12.3 Å². The van der Waals surface area contributed by atoms with Crippen LogP contribution in [-0.4, -0.2) is 48.7 Å². The van der Waals surface area contributed by atoms with Gasteiger partial charge in [0, 0.05) is 7.05 Å². The van der Waals surface area contributed by atoms with E-state index in [1.54, 1.807) is 14.0 Å². The van der Waals surface area contributed by atoms with Gasteiger partial charge in [-0.25, -0.2) is 0 Å². The van der Waals surface area contributed by atoms with Gasteiger partial charge in [-0.05, 0) is 6.92 Å². The van der Waals surface area contributed by atoms with Crippen molar-refractivity contribution in [1.29, 1.82) is 0 Å². The molecule has 0 heterocycles. The first-order chi connectivity index (χ1) is 6.13. The highest BCUT2D eigenvalue weighted by Gasteiger charge is 2.13. The van der Waals surface area contributed by atoms with Crippen LogP contribution in [0.3, 0.4) is 0 Å². The molecule has 13 heavy (non-hydrogen) atoms. The minimum Gasteiger partial charge on any atom is -0.394 e. The highest BCUT2D eigenvalue weighted by Crippen LogP contribution is 1.93. The Kier molecular flexibility index (Phi) is 5.94. The largest absolute Gasteiger partial charge is 0.394 e. The second-order valence-electron chi connectivity index (χ2n) is 2.84. The predicted octanol–water partition coefficient (Wildman–Crippen LogP) is -0.952. The van der Waals surface area contributed by atoms with Gasteiger partial charge in [-0.1, -0.05) is 5.92 Å². The topological polar surface area (TPSA) is 52.6 Å². The first kappa shape index (κ1) is 11.9. The number of rotatable bonds is 5. The Hall–Kier alpha value is -1.05. The SMILES string of the molecule is C#CCNCC(=O)N(C)C(C)CO. The van der Waals surface area contributed by atoms with Gasteiger partial charge in [-0.2, -0.15) is 0 Å². The number of amides is 1. The quantitative estimate of drug-likeness (QED) is 0.428. The number of aliphatic hydroxyl groups is 1. The fourth-order valence-electron chi connectivity index (χ4n) is 0.735. The average molecular weight is 184 g/mol. The lowest BCUT2D eigenvalue weighted by molar-refractivity contribution is -0.131. The van der Waals surface area contributed by atoms with Crippen molar-refractivity contribution in [3.05, 3.63) is 0 Å². The summed E-state index contributed by atoms with van der Waals surface area (Å²) in [5.74, 6) is 2.30. The molecule has 0 fully saturated rings. The molecule has 0 spiro atoms. The Morgan fingerprint density at radius 1 is 1.77 bits per heavy atom. The number of nitrogens with one attached hydrogen (secondary N) is 1. The van der Waals surface area contributed by atoms with E-state index in [0.29, 0.717) is 6.54 Å². The molecule has 1 unspecified atom stereocenters. The summed E-state index contributed by atoms with van der Waals surface area (Å²) >= 11 is 0. The molecule has 0 aromatic carbocycles. The molecule has 1 atom stereocenters. The molecule has 0 saturated heterocycles. The van der Waals surface area contributed by atoms with E-state index in [1.807, 2.05) is 0 Å². The smallest absolute Gasteiger partial charge is 0.236 e. The maximum atomic E-state index is 11.3. The number of carbonyl (C=O) groups is 1. The van der Waals surface area contributed by atoms with Gasteiger partial charge < -0.3 is 10.0 Å². The van der Waals surface area contributed by atoms with Gasteiger partial charge in [-0.15, -0.1) is 6.42 Å². The maximum absolute atomic E-state index is 11.3. The molecule has 0 bridgehead atoms. The van der Waals surface area contributed by atoms with E-state index >= 15 is 0 Å². The number of hydrogen-bond acceptors (Lipinski definition) is 3. The first-order valence-electron chi connectivity index (χ1n) is 4.14. The van der Waals surface area contributed by atoms with Crippen LogP contribution in [0.1, 0.15) is 6.92 Å². The molecule has 4 heteroatoms. The molecule has 0 aliphatic carbocycles. The van der Waals surface area contributed by atoms with Crippen molar-refractivity contribution in [2.75, 3.05) is 26.7 Å². The van der Waals surface area contributed by atoms with E-state index in [-0.39, 0.29) is 25.1 Å². The van der Waals surface area contributed by atoms with Gasteiger partial charge in [-0.3, -0.25) is 10.1 Å². The molecular formula is C9H16N2O2. The second kappa shape index (κ2) is 6.46. The van der Waals surface area contributed by atoms with Crippen molar-refractivity contribution in [2.45, 2.75) is 13.0 Å². The Morgan fingerprint density at radius 3 is 2.85 bits per heavy atom. The number of nitrogens with zero attached hydrogens (tertiary/aromatic N) is 1. The molecule has 4 nitrogen and oxygen atoms in total. The van der Waals surface area contributed by atoms with E-state index in [0.717, 1.165) is 0 Å². The highest BCUT2D eigenvalue weighted by atomic mass is 16.3. The summed E-state index contributed by atoms with van der Waals surface area (Å²) in [4.78, 5) is 12.8. The molecule has 0 radical (unpaired) electrons. The van der Waals surface area contributed by atoms with Gasteiger partial charge in [0.1, 0.15) is 0 Å². The summed E-state index contributed by atoms with van der Waals surface area (Å²) in [5, 5.41) is 11.6. The summed E-state index contributed by atoms with van der Waals surface area (Å²) in [6.45, 7) is 2.34.